The summed E-state index contributed by atoms with van der Waals surface area (Å²) in [6.07, 6.45) is 3.38. The number of hydrogen-bond donors (Lipinski definition) is 1. The van der Waals surface area contributed by atoms with Crippen LogP contribution in [-0.4, -0.2) is 32.8 Å². The molecule has 1 amide bonds. The van der Waals surface area contributed by atoms with E-state index in [-0.39, 0.29) is 5.56 Å². The molecule has 0 saturated heterocycles. The summed E-state index contributed by atoms with van der Waals surface area (Å²) in [7, 11) is 3.35. The number of fused-ring (bicyclic) bond motifs is 1. The van der Waals surface area contributed by atoms with E-state index in [0.29, 0.717) is 28.0 Å². The van der Waals surface area contributed by atoms with Crippen LogP contribution in [0.4, 0.5) is 10.1 Å². The Morgan fingerprint density at radius 3 is 2.53 bits per heavy atom. The lowest BCUT2D eigenvalue weighted by Gasteiger charge is -2.13. The molecule has 0 radical (unpaired) electrons. The highest BCUT2D eigenvalue weighted by molar-refractivity contribution is 6.07. The van der Waals surface area contributed by atoms with E-state index in [1.807, 2.05) is 43.6 Å². The zero-order valence-corrected chi connectivity index (χ0v) is 18.5. The van der Waals surface area contributed by atoms with E-state index in [4.69, 9.17) is 4.74 Å². The summed E-state index contributed by atoms with van der Waals surface area (Å²) >= 11 is 0. The fraction of sp³-hybridized carbons (Fsp3) is 0.0769. The predicted octanol–water partition coefficient (Wildman–Crippen LogP) is 5.10. The molecule has 8 heteroatoms. The molecule has 2 aromatic heterocycles. The molecular formula is C26H20FN5O2. The fourth-order valence-corrected chi connectivity index (χ4v) is 3.87. The van der Waals surface area contributed by atoms with Crippen LogP contribution >= 0.6 is 0 Å². The SMILES string of the molecule is COc1cc2ncnc(-c3cn(C)nc3-c3ccccc3)c2cc1NC(=O)c1ccccc1F. The number of nitrogens with zero attached hydrogens (tertiary/aromatic N) is 4. The van der Waals surface area contributed by atoms with E-state index in [1.54, 1.807) is 22.9 Å². The number of carbonyl (C=O) groups is 1. The van der Waals surface area contributed by atoms with Crippen molar-refractivity contribution in [3.05, 3.63) is 90.6 Å². The van der Waals surface area contributed by atoms with Crippen molar-refractivity contribution < 1.29 is 13.9 Å². The van der Waals surface area contributed by atoms with Crippen molar-refractivity contribution in [2.24, 2.45) is 7.05 Å². The summed E-state index contributed by atoms with van der Waals surface area (Å²) in [5, 5.41) is 8.09. The van der Waals surface area contributed by atoms with E-state index < -0.39 is 11.7 Å². The van der Waals surface area contributed by atoms with E-state index >= 15 is 0 Å². The summed E-state index contributed by atoms with van der Waals surface area (Å²) in [6.45, 7) is 0. The highest BCUT2D eigenvalue weighted by Crippen LogP contribution is 2.37. The molecule has 0 aliphatic heterocycles. The molecule has 0 aliphatic rings. The van der Waals surface area contributed by atoms with Crippen LogP contribution < -0.4 is 10.1 Å². The highest BCUT2D eigenvalue weighted by Gasteiger charge is 2.19. The minimum atomic E-state index is -0.605. The number of aromatic nitrogens is 4. The molecule has 2 heterocycles. The minimum Gasteiger partial charge on any atom is -0.494 e. The molecular weight excluding hydrogens is 433 g/mol. The van der Waals surface area contributed by atoms with Gasteiger partial charge >= 0.3 is 0 Å². The first-order valence-electron chi connectivity index (χ1n) is 10.5. The Morgan fingerprint density at radius 2 is 1.76 bits per heavy atom. The van der Waals surface area contributed by atoms with Crippen molar-refractivity contribution >= 4 is 22.5 Å². The second-order valence-electron chi connectivity index (χ2n) is 7.66. The summed E-state index contributed by atoms with van der Waals surface area (Å²) in [5.41, 5.74) is 4.15. The molecule has 34 heavy (non-hydrogen) atoms. The van der Waals surface area contributed by atoms with Gasteiger partial charge in [0.25, 0.3) is 5.91 Å². The zero-order valence-electron chi connectivity index (χ0n) is 18.5. The third-order valence-electron chi connectivity index (χ3n) is 5.45. The molecule has 0 fully saturated rings. The molecule has 0 atom stereocenters. The summed E-state index contributed by atoms with van der Waals surface area (Å²) in [4.78, 5) is 21.7. The van der Waals surface area contributed by atoms with Gasteiger partial charge in [0.05, 0.1) is 29.6 Å². The topological polar surface area (TPSA) is 81.9 Å². The number of ether oxygens (including phenoxy) is 1. The average Bonchev–Trinajstić information content (AvgIpc) is 3.25. The van der Waals surface area contributed by atoms with Crippen LogP contribution in [0.15, 0.2) is 79.3 Å². The Balaban J connectivity index is 1.65. The Morgan fingerprint density at radius 1 is 1.00 bits per heavy atom. The third kappa shape index (κ3) is 3.86. The summed E-state index contributed by atoms with van der Waals surface area (Å²) < 4.78 is 21.4. The molecule has 5 aromatic rings. The third-order valence-corrected chi connectivity index (χ3v) is 5.45. The van der Waals surface area contributed by atoms with Crippen LogP contribution in [0.1, 0.15) is 10.4 Å². The lowest BCUT2D eigenvalue weighted by molar-refractivity contribution is 0.102. The first-order valence-corrected chi connectivity index (χ1v) is 10.5. The molecule has 5 rings (SSSR count). The number of hydrogen-bond acceptors (Lipinski definition) is 5. The van der Waals surface area contributed by atoms with Crippen LogP contribution in [-0.2, 0) is 7.05 Å². The lowest BCUT2D eigenvalue weighted by atomic mass is 10.0. The maximum Gasteiger partial charge on any atom is 0.258 e. The van der Waals surface area contributed by atoms with Crippen molar-refractivity contribution in [3.8, 4) is 28.3 Å². The van der Waals surface area contributed by atoms with Gasteiger partial charge < -0.3 is 10.1 Å². The van der Waals surface area contributed by atoms with Crippen LogP contribution in [0, 0.1) is 5.82 Å². The van der Waals surface area contributed by atoms with Gasteiger partial charge in [0.2, 0.25) is 0 Å². The number of halogens is 1. The van der Waals surface area contributed by atoms with Gasteiger partial charge in [-0.3, -0.25) is 9.48 Å². The molecule has 0 aliphatic carbocycles. The number of carbonyl (C=O) groups excluding carboxylic acids is 1. The largest absolute Gasteiger partial charge is 0.494 e. The second kappa shape index (κ2) is 8.74. The van der Waals surface area contributed by atoms with E-state index in [9.17, 15) is 9.18 Å². The Hall–Kier alpha value is -4.59. The molecule has 1 N–H and O–H groups in total. The Labute approximate surface area is 194 Å². The van der Waals surface area contributed by atoms with Gasteiger partial charge in [-0.2, -0.15) is 5.10 Å². The van der Waals surface area contributed by atoms with Gasteiger partial charge in [0, 0.05) is 35.8 Å². The molecule has 0 bridgehead atoms. The molecule has 3 aromatic carbocycles. The highest BCUT2D eigenvalue weighted by atomic mass is 19.1. The second-order valence-corrected chi connectivity index (χ2v) is 7.66. The van der Waals surface area contributed by atoms with Gasteiger partial charge in [0.1, 0.15) is 23.6 Å². The summed E-state index contributed by atoms with van der Waals surface area (Å²) in [6, 6.07) is 19.1. The van der Waals surface area contributed by atoms with Crippen LogP contribution in [0.5, 0.6) is 5.75 Å². The molecule has 0 saturated carbocycles. The fourth-order valence-electron chi connectivity index (χ4n) is 3.87. The minimum absolute atomic E-state index is 0.0622. The smallest absolute Gasteiger partial charge is 0.258 e. The Kier molecular flexibility index (Phi) is 5.47. The quantitative estimate of drug-likeness (QED) is 0.401. The van der Waals surface area contributed by atoms with Crippen molar-refractivity contribution in [1.29, 1.82) is 0 Å². The van der Waals surface area contributed by atoms with Crippen molar-refractivity contribution in [3.63, 3.8) is 0 Å². The lowest BCUT2D eigenvalue weighted by Crippen LogP contribution is -2.14. The van der Waals surface area contributed by atoms with E-state index in [0.717, 1.165) is 16.8 Å². The Bertz CT molecular complexity index is 1510. The van der Waals surface area contributed by atoms with Crippen molar-refractivity contribution in [2.45, 2.75) is 0 Å². The molecule has 0 unspecified atom stereocenters. The van der Waals surface area contributed by atoms with Crippen LogP contribution in [0.2, 0.25) is 0 Å². The molecule has 7 nitrogen and oxygen atoms in total. The number of rotatable bonds is 5. The number of methoxy groups -OCH3 is 1. The van der Waals surface area contributed by atoms with Crippen molar-refractivity contribution in [1.82, 2.24) is 19.7 Å². The van der Waals surface area contributed by atoms with E-state index in [2.05, 4.69) is 20.4 Å². The van der Waals surface area contributed by atoms with Gasteiger partial charge in [-0.05, 0) is 18.2 Å². The molecule has 168 valence electrons. The number of nitrogens with one attached hydrogen (secondary N) is 1. The first-order chi connectivity index (χ1) is 16.5. The maximum absolute atomic E-state index is 14.2. The maximum atomic E-state index is 14.2. The van der Waals surface area contributed by atoms with Gasteiger partial charge in [0.15, 0.2) is 0 Å². The number of amides is 1. The normalized spacial score (nSPS) is 10.9. The zero-order chi connectivity index (χ0) is 23.7. The van der Waals surface area contributed by atoms with Gasteiger partial charge in [-0.15, -0.1) is 0 Å². The summed E-state index contributed by atoms with van der Waals surface area (Å²) in [5.74, 6) is -0.788. The van der Waals surface area contributed by atoms with Gasteiger partial charge in [-0.1, -0.05) is 42.5 Å². The standard InChI is InChI=1S/C26H20FN5O2/c1-32-14-19(24(31-32)16-8-4-3-5-9-16)25-18-12-22(23(34-2)13-21(18)28-15-29-25)30-26(33)17-10-6-7-11-20(17)27/h3-15H,1-2H3,(H,30,33). The van der Waals surface area contributed by atoms with Gasteiger partial charge in [-0.25, -0.2) is 14.4 Å². The molecule has 0 spiro atoms. The van der Waals surface area contributed by atoms with Crippen molar-refractivity contribution in [2.75, 3.05) is 12.4 Å². The van der Waals surface area contributed by atoms with Crippen LogP contribution in [0.25, 0.3) is 33.4 Å². The van der Waals surface area contributed by atoms with Crippen LogP contribution in [0.3, 0.4) is 0 Å². The average molecular weight is 453 g/mol. The van der Waals surface area contributed by atoms with E-state index in [1.165, 1.54) is 31.6 Å². The number of anilines is 1. The first kappa shape index (κ1) is 21.3. The number of aryl methyl sites for hydroxylation is 1. The predicted molar refractivity (Wildman–Crippen MR) is 128 cm³/mol. The number of benzene rings is 3. The monoisotopic (exact) mass is 453 g/mol.